The van der Waals surface area contributed by atoms with E-state index in [1.54, 1.807) is 16.8 Å². The highest BCUT2D eigenvalue weighted by Crippen LogP contribution is 2.24. The number of anilines is 1. The van der Waals surface area contributed by atoms with Gasteiger partial charge in [-0.25, -0.2) is 0 Å². The molecule has 0 saturated carbocycles. The van der Waals surface area contributed by atoms with Gasteiger partial charge in [0.05, 0.1) is 5.56 Å². The number of hydrogen-bond donors (Lipinski definition) is 1. The molecule has 2 aromatic carbocycles. The number of benzene rings is 2. The second-order valence-corrected chi connectivity index (χ2v) is 8.16. The number of carbonyl (C=O) groups is 3. The number of aromatic nitrogens is 1. The predicted molar refractivity (Wildman–Crippen MR) is 121 cm³/mol. The summed E-state index contributed by atoms with van der Waals surface area (Å²) in [6.45, 7) is 5.59. The number of likely N-dealkylation sites (tertiary alicyclic amines) is 1. The molecule has 1 aliphatic rings. The third-order valence-corrected chi connectivity index (χ3v) is 6.11. The number of rotatable bonds is 5. The van der Waals surface area contributed by atoms with Gasteiger partial charge in [-0.1, -0.05) is 30.3 Å². The van der Waals surface area contributed by atoms with Crippen molar-refractivity contribution < 1.29 is 14.4 Å². The van der Waals surface area contributed by atoms with Crippen molar-refractivity contribution in [2.45, 2.75) is 39.7 Å². The van der Waals surface area contributed by atoms with Crippen LogP contribution in [0.2, 0.25) is 0 Å². The number of fused-ring (bicyclic) bond motifs is 1. The van der Waals surface area contributed by atoms with Gasteiger partial charge in [-0.05, 0) is 56.4 Å². The molecule has 1 N–H and O–H groups in total. The molecule has 6 nitrogen and oxygen atoms in total. The minimum atomic E-state index is -0.682. The van der Waals surface area contributed by atoms with E-state index in [4.69, 9.17) is 0 Å². The molecule has 1 fully saturated rings. The second kappa shape index (κ2) is 8.76. The summed E-state index contributed by atoms with van der Waals surface area (Å²) in [7, 11) is 0. The minimum absolute atomic E-state index is 0.0410. The Kier molecular flexibility index (Phi) is 5.89. The van der Waals surface area contributed by atoms with E-state index >= 15 is 0 Å². The molecule has 0 spiro atoms. The Balaban J connectivity index is 1.60. The van der Waals surface area contributed by atoms with Crippen molar-refractivity contribution in [3.63, 3.8) is 0 Å². The molecular formula is C25H27N3O3. The fraction of sp³-hybridized carbons (Fsp3) is 0.320. The van der Waals surface area contributed by atoms with E-state index in [-0.39, 0.29) is 12.5 Å². The number of nitrogens with zero attached hydrogens (tertiary/aromatic N) is 2. The molecular weight excluding hydrogens is 390 g/mol. The summed E-state index contributed by atoms with van der Waals surface area (Å²) < 4.78 is 1.78. The lowest BCUT2D eigenvalue weighted by molar-refractivity contribution is -0.132. The molecule has 0 radical (unpaired) electrons. The molecule has 2 heterocycles. The highest BCUT2D eigenvalue weighted by molar-refractivity contribution is 6.48. The van der Waals surface area contributed by atoms with Gasteiger partial charge in [0, 0.05) is 35.9 Å². The molecule has 160 valence electrons. The van der Waals surface area contributed by atoms with Crippen LogP contribution in [0, 0.1) is 13.8 Å². The number of nitrogens with one attached hydrogen (secondary N) is 1. The summed E-state index contributed by atoms with van der Waals surface area (Å²) in [6, 6.07) is 13.0. The number of hydrogen-bond acceptors (Lipinski definition) is 3. The Labute approximate surface area is 181 Å². The molecule has 3 aromatic rings. The molecule has 0 aliphatic carbocycles. The van der Waals surface area contributed by atoms with Gasteiger partial charge in [-0.3, -0.25) is 14.4 Å². The van der Waals surface area contributed by atoms with Gasteiger partial charge in [-0.15, -0.1) is 0 Å². The molecule has 2 amide bonds. The van der Waals surface area contributed by atoms with Gasteiger partial charge in [0.15, 0.2) is 0 Å². The highest BCUT2D eigenvalue weighted by Gasteiger charge is 2.24. The van der Waals surface area contributed by atoms with Crippen LogP contribution in [-0.2, 0) is 16.1 Å². The van der Waals surface area contributed by atoms with Gasteiger partial charge >= 0.3 is 0 Å². The monoisotopic (exact) mass is 417 g/mol. The molecule has 6 heteroatoms. The molecule has 4 rings (SSSR count). The fourth-order valence-corrected chi connectivity index (χ4v) is 4.14. The average molecular weight is 418 g/mol. The zero-order chi connectivity index (χ0) is 22.0. The smallest absolute Gasteiger partial charge is 0.296 e. The van der Waals surface area contributed by atoms with Gasteiger partial charge in [-0.2, -0.15) is 0 Å². The first-order chi connectivity index (χ1) is 15.0. The maximum Gasteiger partial charge on any atom is 0.296 e. The third-order valence-electron chi connectivity index (χ3n) is 6.11. The topological polar surface area (TPSA) is 71.4 Å². The van der Waals surface area contributed by atoms with Crippen molar-refractivity contribution in [1.29, 1.82) is 0 Å². The molecule has 0 unspecified atom stereocenters. The van der Waals surface area contributed by atoms with Crippen molar-refractivity contribution in [2.75, 3.05) is 18.4 Å². The Morgan fingerprint density at radius 3 is 2.45 bits per heavy atom. The second-order valence-electron chi connectivity index (χ2n) is 8.16. The molecule has 0 atom stereocenters. The number of para-hydroxylation sites is 1. The Hall–Kier alpha value is -3.41. The van der Waals surface area contributed by atoms with Gasteiger partial charge in [0.1, 0.15) is 6.54 Å². The quantitative estimate of drug-likeness (QED) is 0.502. The lowest BCUT2D eigenvalue weighted by Gasteiger charge is -2.27. The first kappa shape index (κ1) is 20.8. The molecule has 1 saturated heterocycles. The first-order valence-electron chi connectivity index (χ1n) is 10.7. The lowest BCUT2D eigenvalue weighted by atomic mass is 10.1. The number of ketones is 1. The maximum atomic E-state index is 13.0. The van der Waals surface area contributed by atoms with Crippen LogP contribution in [0.25, 0.3) is 10.9 Å². The summed E-state index contributed by atoms with van der Waals surface area (Å²) in [5.74, 6) is -1.25. The molecule has 1 aliphatic heterocycles. The average Bonchev–Trinajstić information content (AvgIpc) is 3.15. The van der Waals surface area contributed by atoms with Crippen LogP contribution in [0.1, 0.15) is 40.7 Å². The van der Waals surface area contributed by atoms with Crippen molar-refractivity contribution in [3.05, 3.63) is 65.4 Å². The summed E-state index contributed by atoms with van der Waals surface area (Å²) in [4.78, 5) is 40.5. The van der Waals surface area contributed by atoms with Crippen LogP contribution < -0.4 is 5.32 Å². The Morgan fingerprint density at radius 1 is 0.935 bits per heavy atom. The molecule has 1 aromatic heterocycles. The standard InChI is InChI=1S/C25H27N3O3/c1-17-9-8-11-21(18(17)2)26-25(31)24(30)20-15-28(22-12-5-4-10-19(20)22)16-23(29)27-13-6-3-7-14-27/h4-5,8-12,15H,3,6-7,13-14,16H2,1-2H3,(H,26,31). The number of carbonyl (C=O) groups excluding carboxylic acids is 3. The van der Waals surface area contributed by atoms with Crippen molar-refractivity contribution >= 4 is 34.2 Å². The van der Waals surface area contributed by atoms with Crippen molar-refractivity contribution in [1.82, 2.24) is 9.47 Å². The van der Waals surface area contributed by atoms with Crippen LogP contribution >= 0.6 is 0 Å². The summed E-state index contributed by atoms with van der Waals surface area (Å²) in [5, 5.41) is 3.42. The van der Waals surface area contributed by atoms with Crippen LogP contribution in [0.5, 0.6) is 0 Å². The molecule has 0 bridgehead atoms. The van der Waals surface area contributed by atoms with E-state index in [1.165, 1.54) is 0 Å². The third kappa shape index (κ3) is 4.24. The van der Waals surface area contributed by atoms with E-state index in [1.807, 2.05) is 55.1 Å². The number of aryl methyl sites for hydroxylation is 1. The maximum absolute atomic E-state index is 13.0. The molecule has 31 heavy (non-hydrogen) atoms. The van der Waals surface area contributed by atoms with Crippen LogP contribution in [-0.4, -0.2) is 40.2 Å². The van der Waals surface area contributed by atoms with E-state index in [0.717, 1.165) is 49.0 Å². The highest BCUT2D eigenvalue weighted by atomic mass is 16.2. The van der Waals surface area contributed by atoms with Crippen LogP contribution in [0.15, 0.2) is 48.7 Å². The van der Waals surface area contributed by atoms with Gasteiger partial charge in [0.25, 0.3) is 11.7 Å². The largest absolute Gasteiger partial charge is 0.341 e. The zero-order valence-electron chi connectivity index (χ0n) is 18.0. The summed E-state index contributed by atoms with van der Waals surface area (Å²) in [5.41, 5.74) is 3.68. The van der Waals surface area contributed by atoms with E-state index in [9.17, 15) is 14.4 Å². The summed E-state index contributed by atoms with van der Waals surface area (Å²) in [6.07, 6.45) is 4.85. The van der Waals surface area contributed by atoms with Gasteiger partial charge < -0.3 is 14.8 Å². The Morgan fingerprint density at radius 2 is 1.68 bits per heavy atom. The Bertz CT molecular complexity index is 1160. The number of piperidine rings is 1. The zero-order valence-corrected chi connectivity index (χ0v) is 18.0. The lowest BCUT2D eigenvalue weighted by Crippen LogP contribution is -2.37. The van der Waals surface area contributed by atoms with E-state index in [0.29, 0.717) is 16.6 Å². The van der Waals surface area contributed by atoms with E-state index in [2.05, 4.69) is 5.32 Å². The van der Waals surface area contributed by atoms with Crippen LogP contribution in [0.3, 0.4) is 0 Å². The van der Waals surface area contributed by atoms with Gasteiger partial charge in [0.2, 0.25) is 5.91 Å². The SMILES string of the molecule is Cc1cccc(NC(=O)C(=O)c2cn(CC(=O)N3CCCCC3)c3ccccc23)c1C. The number of amides is 2. The predicted octanol–water partition coefficient (Wildman–Crippen LogP) is 4.09. The van der Waals surface area contributed by atoms with Crippen molar-refractivity contribution in [3.8, 4) is 0 Å². The first-order valence-corrected chi connectivity index (χ1v) is 10.7. The summed E-state index contributed by atoms with van der Waals surface area (Å²) >= 11 is 0. The normalized spacial score (nSPS) is 13.9. The van der Waals surface area contributed by atoms with Crippen LogP contribution in [0.4, 0.5) is 5.69 Å². The minimum Gasteiger partial charge on any atom is -0.341 e. The van der Waals surface area contributed by atoms with Crippen molar-refractivity contribution in [2.24, 2.45) is 0 Å². The fourth-order valence-electron chi connectivity index (χ4n) is 4.14. The van der Waals surface area contributed by atoms with E-state index < -0.39 is 11.7 Å². The number of Topliss-reactive ketones (excluding diaryl/α,β-unsaturated/α-hetero) is 1.